The number of aliphatic imine (C=N–C) groups is 1. The van der Waals surface area contributed by atoms with Gasteiger partial charge >= 0.3 is 12.2 Å². The predicted molar refractivity (Wildman–Crippen MR) is 125 cm³/mol. The molecular weight excluding hydrogens is 511 g/mol. The quantitative estimate of drug-likeness (QED) is 0.391. The molecule has 2 aromatic rings. The molecule has 3 N–H and O–H groups in total. The van der Waals surface area contributed by atoms with Gasteiger partial charge in [0.25, 0.3) is 0 Å². The third-order valence-corrected chi connectivity index (χ3v) is 6.61. The van der Waals surface area contributed by atoms with Crippen molar-refractivity contribution in [2.75, 3.05) is 19.5 Å². The number of carbonyl (C=O) groups is 3. The number of nitrogens with zero attached hydrogens (tertiary/aromatic N) is 1. The molecule has 0 saturated carbocycles. The molecule has 182 valence electrons. The summed E-state index contributed by atoms with van der Waals surface area (Å²) < 4.78 is 35.2. The Morgan fingerprint density at radius 3 is 2.00 bits per heavy atom. The van der Waals surface area contributed by atoms with Gasteiger partial charge in [-0.15, -0.1) is 0 Å². The van der Waals surface area contributed by atoms with E-state index in [1.165, 1.54) is 36.4 Å². The highest BCUT2D eigenvalue weighted by Gasteiger charge is 2.21. The SMILES string of the molecule is CCC(=O)Nc1cc(S(=O)(=O)c2ccc(Cl)c(Cl)c2)ccc1N=C(NC(=O)OC)NC(=O)OC. The van der Waals surface area contributed by atoms with Crippen molar-refractivity contribution in [1.29, 1.82) is 0 Å². The van der Waals surface area contributed by atoms with Crippen molar-refractivity contribution >= 4 is 68.5 Å². The van der Waals surface area contributed by atoms with E-state index in [0.29, 0.717) is 0 Å². The Labute approximate surface area is 205 Å². The molecule has 0 spiro atoms. The normalized spacial score (nSPS) is 10.6. The lowest BCUT2D eigenvalue weighted by Gasteiger charge is -2.13. The van der Waals surface area contributed by atoms with Crippen LogP contribution in [0.5, 0.6) is 0 Å². The number of methoxy groups -OCH3 is 2. The van der Waals surface area contributed by atoms with Gasteiger partial charge in [0.15, 0.2) is 0 Å². The van der Waals surface area contributed by atoms with Crippen LogP contribution in [0.1, 0.15) is 13.3 Å². The molecule has 0 aromatic heterocycles. The second-order valence-corrected chi connectivity index (χ2v) is 9.12. The van der Waals surface area contributed by atoms with Crippen LogP contribution in [-0.4, -0.2) is 46.7 Å². The van der Waals surface area contributed by atoms with Crippen molar-refractivity contribution < 1.29 is 32.3 Å². The lowest BCUT2D eigenvalue weighted by Crippen LogP contribution is -2.43. The minimum Gasteiger partial charge on any atom is -0.453 e. The zero-order valence-corrected chi connectivity index (χ0v) is 20.5. The lowest BCUT2D eigenvalue weighted by molar-refractivity contribution is -0.115. The van der Waals surface area contributed by atoms with Crippen LogP contribution in [0.15, 0.2) is 51.2 Å². The number of benzene rings is 2. The molecule has 0 heterocycles. The number of carbonyl (C=O) groups excluding carboxylic acids is 3. The van der Waals surface area contributed by atoms with Gasteiger partial charge < -0.3 is 14.8 Å². The van der Waals surface area contributed by atoms with Gasteiger partial charge in [0, 0.05) is 6.42 Å². The number of amides is 3. The van der Waals surface area contributed by atoms with Crippen molar-refractivity contribution in [3.05, 3.63) is 46.4 Å². The van der Waals surface area contributed by atoms with Crippen LogP contribution >= 0.6 is 23.2 Å². The molecule has 2 rings (SSSR count). The van der Waals surface area contributed by atoms with Gasteiger partial charge in [-0.05, 0) is 36.4 Å². The van der Waals surface area contributed by atoms with E-state index in [1.807, 2.05) is 0 Å². The molecular formula is C20H20Cl2N4O7S. The van der Waals surface area contributed by atoms with E-state index in [0.717, 1.165) is 14.2 Å². The first-order chi connectivity index (χ1) is 16.0. The molecule has 0 aliphatic carbocycles. The Balaban J connectivity index is 2.61. The van der Waals surface area contributed by atoms with Crippen LogP contribution < -0.4 is 16.0 Å². The van der Waals surface area contributed by atoms with Crippen molar-refractivity contribution in [3.8, 4) is 0 Å². The number of hydrogen-bond acceptors (Lipinski definition) is 8. The summed E-state index contributed by atoms with van der Waals surface area (Å²) in [6.07, 6.45) is -1.82. The summed E-state index contributed by atoms with van der Waals surface area (Å²) >= 11 is 11.8. The van der Waals surface area contributed by atoms with Crippen molar-refractivity contribution in [2.45, 2.75) is 23.1 Å². The van der Waals surface area contributed by atoms with E-state index in [2.05, 4.69) is 30.4 Å². The number of anilines is 1. The molecule has 3 amide bonds. The second kappa shape index (κ2) is 11.7. The van der Waals surface area contributed by atoms with Crippen LogP contribution in [0, 0.1) is 0 Å². The van der Waals surface area contributed by atoms with Crippen LogP contribution in [0.25, 0.3) is 0 Å². The molecule has 0 aliphatic rings. The largest absolute Gasteiger partial charge is 0.453 e. The number of alkyl carbamates (subject to hydrolysis) is 2. The second-order valence-electron chi connectivity index (χ2n) is 6.35. The fraction of sp³-hybridized carbons (Fsp3) is 0.200. The molecule has 0 fully saturated rings. The van der Waals surface area contributed by atoms with Crippen LogP contribution in [0.4, 0.5) is 21.0 Å². The van der Waals surface area contributed by atoms with Gasteiger partial charge in [-0.25, -0.2) is 23.0 Å². The summed E-state index contributed by atoms with van der Waals surface area (Å²) in [5, 5.41) is 7.13. The monoisotopic (exact) mass is 530 g/mol. The van der Waals surface area contributed by atoms with Gasteiger partial charge in [-0.3, -0.25) is 15.4 Å². The minimum atomic E-state index is -4.06. The Kier molecular flexibility index (Phi) is 9.24. The van der Waals surface area contributed by atoms with Gasteiger partial charge in [0.05, 0.1) is 45.4 Å². The highest BCUT2D eigenvalue weighted by Crippen LogP contribution is 2.33. The van der Waals surface area contributed by atoms with E-state index in [-0.39, 0.29) is 37.6 Å². The van der Waals surface area contributed by atoms with Crippen molar-refractivity contribution in [1.82, 2.24) is 10.6 Å². The van der Waals surface area contributed by atoms with Gasteiger partial charge in [0.2, 0.25) is 21.7 Å². The van der Waals surface area contributed by atoms with Crippen molar-refractivity contribution in [2.24, 2.45) is 4.99 Å². The molecule has 0 aliphatic heterocycles. The maximum Gasteiger partial charge on any atom is 0.413 e. The zero-order valence-electron chi connectivity index (χ0n) is 18.1. The molecule has 0 radical (unpaired) electrons. The standard InChI is InChI=1S/C20H20Cl2N4O7S/c1-4-17(27)23-16-10-12(34(30,31)11-5-7-13(21)14(22)9-11)6-8-15(16)24-18(25-19(28)32-2)26-20(29)33-3/h5-10H,4H2,1-3H3,(H,23,27)(H2,24,25,26,28,29). The average molecular weight is 531 g/mol. The molecule has 14 heteroatoms. The first-order valence-electron chi connectivity index (χ1n) is 9.44. The molecule has 34 heavy (non-hydrogen) atoms. The topological polar surface area (TPSA) is 152 Å². The van der Waals surface area contributed by atoms with E-state index < -0.39 is 33.9 Å². The van der Waals surface area contributed by atoms with Gasteiger partial charge in [0.1, 0.15) is 0 Å². The average Bonchev–Trinajstić information content (AvgIpc) is 2.81. The number of rotatable bonds is 5. The lowest BCUT2D eigenvalue weighted by atomic mass is 10.2. The molecule has 0 atom stereocenters. The number of ether oxygens (including phenoxy) is 2. The Morgan fingerprint density at radius 1 is 0.912 bits per heavy atom. The van der Waals surface area contributed by atoms with Crippen LogP contribution in [-0.2, 0) is 24.1 Å². The van der Waals surface area contributed by atoms with Crippen LogP contribution in [0.2, 0.25) is 10.0 Å². The highest BCUT2D eigenvalue weighted by atomic mass is 35.5. The maximum absolute atomic E-state index is 13.1. The summed E-state index contributed by atoms with van der Waals surface area (Å²) in [6.45, 7) is 1.59. The predicted octanol–water partition coefficient (Wildman–Crippen LogP) is 3.87. The Bertz CT molecular complexity index is 1230. The molecule has 11 nitrogen and oxygen atoms in total. The number of guanidine groups is 1. The van der Waals surface area contributed by atoms with E-state index >= 15 is 0 Å². The van der Waals surface area contributed by atoms with Crippen molar-refractivity contribution in [3.63, 3.8) is 0 Å². The number of hydrogen-bond donors (Lipinski definition) is 3. The highest BCUT2D eigenvalue weighted by molar-refractivity contribution is 7.91. The van der Waals surface area contributed by atoms with Crippen LogP contribution in [0.3, 0.4) is 0 Å². The summed E-state index contributed by atoms with van der Waals surface area (Å²) in [5.74, 6) is -0.838. The maximum atomic E-state index is 13.1. The number of sulfone groups is 1. The summed E-state index contributed by atoms with van der Waals surface area (Å²) in [5.41, 5.74) is 0.00140. The first kappa shape index (κ1) is 26.9. The van der Waals surface area contributed by atoms with Gasteiger partial charge in [-0.1, -0.05) is 30.1 Å². The fourth-order valence-electron chi connectivity index (χ4n) is 2.40. The third kappa shape index (κ3) is 6.83. The molecule has 0 bridgehead atoms. The number of nitrogens with one attached hydrogen (secondary N) is 3. The number of halogens is 2. The third-order valence-electron chi connectivity index (χ3n) is 4.12. The molecule has 2 aromatic carbocycles. The van der Waals surface area contributed by atoms with Gasteiger partial charge in [-0.2, -0.15) is 0 Å². The Morgan fingerprint density at radius 2 is 1.47 bits per heavy atom. The summed E-state index contributed by atoms with van der Waals surface area (Å²) in [7, 11) is -1.86. The van der Waals surface area contributed by atoms with E-state index in [4.69, 9.17) is 23.2 Å². The smallest absolute Gasteiger partial charge is 0.413 e. The minimum absolute atomic E-state index is 0.0104. The zero-order chi connectivity index (χ0) is 25.5. The molecule has 0 saturated heterocycles. The molecule has 0 unspecified atom stereocenters. The van der Waals surface area contributed by atoms with E-state index in [9.17, 15) is 22.8 Å². The fourth-order valence-corrected chi connectivity index (χ4v) is 4.08. The summed E-state index contributed by atoms with van der Waals surface area (Å²) in [4.78, 5) is 39.1. The van der Waals surface area contributed by atoms with E-state index in [1.54, 1.807) is 6.92 Å². The summed E-state index contributed by atoms with van der Waals surface area (Å²) in [6, 6.07) is 7.52. The first-order valence-corrected chi connectivity index (χ1v) is 11.7. The Hall–Kier alpha value is -3.35.